The zero-order valence-corrected chi connectivity index (χ0v) is 16.0. The molecular weight excluding hydrogens is 360 g/mol. The van der Waals surface area contributed by atoms with E-state index in [-0.39, 0.29) is 10.8 Å². The van der Waals surface area contributed by atoms with Crippen molar-refractivity contribution in [3.05, 3.63) is 66.2 Å². The molecule has 0 radical (unpaired) electrons. The molecule has 0 spiro atoms. The summed E-state index contributed by atoms with van der Waals surface area (Å²) in [6.45, 7) is 1.15. The van der Waals surface area contributed by atoms with Gasteiger partial charge >= 0.3 is 0 Å². The summed E-state index contributed by atoms with van der Waals surface area (Å²) in [5, 5.41) is 2.75. The molecule has 0 saturated carbocycles. The number of rotatable bonds is 5. The fraction of sp³-hybridized carbons (Fsp3) is 0.286. The van der Waals surface area contributed by atoms with Crippen molar-refractivity contribution in [2.75, 3.05) is 18.4 Å². The summed E-state index contributed by atoms with van der Waals surface area (Å²) in [6.07, 6.45) is 7.15. The van der Waals surface area contributed by atoms with Crippen molar-refractivity contribution < 1.29 is 13.2 Å². The second-order valence-electron chi connectivity index (χ2n) is 6.58. The van der Waals surface area contributed by atoms with E-state index in [1.54, 1.807) is 34.6 Å². The third-order valence-corrected chi connectivity index (χ3v) is 6.46. The minimum atomic E-state index is -3.47. The SMILES string of the molecule is O=C(/C=C/c1ccccc1)Nc1ccc(S(=O)(=O)N2CCCCCC2)cc1. The molecule has 1 N–H and O–H groups in total. The number of carbonyl (C=O) groups is 1. The molecule has 0 bridgehead atoms. The standard InChI is InChI=1S/C21H24N2O3S/c24-21(15-10-18-8-4-3-5-9-18)22-19-11-13-20(14-12-19)27(25,26)23-16-6-1-2-7-17-23/h3-5,8-15H,1-2,6-7,16-17H2,(H,22,24)/b15-10+. The van der Waals surface area contributed by atoms with E-state index in [2.05, 4.69) is 5.32 Å². The highest BCUT2D eigenvalue weighted by Gasteiger charge is 2.24. The summed E-state index contributed by atoms with van der Waals surface area (Å²) in [6, 6.07) is 15.9. The topological polar surface area (TPSA) is 66.5 Å². The molecule has 5 nitrogen and oxygen atoms in total. The summed E-state index contributed by atoms with van der Waals surface area (Å²) in [5.41, 5.74) is 1.50. The number of hydrogen-bond donors (Lipinski definition) is 1. The fourth-order valence-electron chi connectivity index (χ4n) is 3.06. The third kappa shape index (κ3) is 5.28. The number of hydrogen-bond acceptors (Lipinski definition) is 3. The van der Waals surface area contributed by atoms with Gasteiger partial charge in [-0.1, -0.05) is 43.2 Å². The Hall–Kier alpha value is -2.44. The first-order chi connectivity index (χ1) is 13.1. The highest BCUT2D eigenvalue weighted by Crippen LogP contribution is 2.21. The lowest BCUT2D eigenvalue weighted by molar-refractivity contribution is -0.111. The van der Waals surface area contributed by atoms with E-state index in [1.165, 1.54) is 6.08 Å². The lowest BCUT2D eigenvalue weighted by Gasteiger charge is -2.20. The quantitative estimate of drug-likeness (QED) is 0.795. The Balaban J connectivity index is 1.64. The van der Waals surface area contributed by atoms with Crippen molar-refractivity contribution >= 4 is 27.7 Å². The summed E-state index contributed by atoms with van der Waals surface area (Å²) >= 11 is 0. The van der Waals surface area contributed by atoms with Crippen LogP contribution in [0.5, 0.6) is 0 Å². The van der Waals surface area contributed by atoms with Gasteiger partial charge in [-0.15, -0.1) is 0 Å². The van der Waals surface area contributed by atoms with Gasteiger partial charge in [0.05, 0.1) is 4.90 Å². The van der Waals surface area contributed by atoms with Gasteiger partial charge in [-0.25, -0.2) is 8.42 Å². The number of nitrogens with zero attached hydrogens (tertiary/aromatic N) is 1. The number of carbonyl (C=O) groups excluding carboxylic acids is 1. The van der Waals surface area contributed by atoms with E-state index in [1.807, 2.05) is 30.3 Å². The van der Waals surface area contributed by atoms with Gasteiger partial charge < -0.3 is 5.32 Å². The van der Waals surface area contributed by atoms with Crippen LogP contribution in [-0.4, -0.2) is 31.7 Å². The molecule has 2 aromatic rings. The molecule has 6 heteroatoms. The van der Waals surface area contributed by atoms with Crippen molar-refractivity contribution in [3.63, 3.8) is 0 Å². The molecule has 2 aromatic carbocycles. The minimum absolute atomic E-state index is 0.262. The molecule has 27 heavy (non-hydrogen) atoms. The van der Waals surface area contributed by atoms with Crippen molar-refractivity contribution in [2.45, 2.75) is 30.6 Å². The Labute approximate surface area is 160 Å². The zero-order valence-electron chi connectivity index (χ0n) is 15.2. The van der Waals surface area contributed by atoms with Gasteiger partial charge in [0.1, 0.15) is 0 Å². The van der Waals surface area contributed by atoms with E-state index in [4.69, 9.17) is 0 Å². The first-order valence-electron chi connectivity index (χ1n) is 9.20. The molecule has 3 rings (SSSR count). The maximum absolute atomic E-state index is 12.8. The summed E-state index contributed by atoms with van der Waals surface area (Å²) in [7, 11) is -3.47. The van der Waals surface area contributed by atoms with Crippen LogP contribution in [0.15, 0.2) is 65.6 Å². The highest BCUT2D eigenvalue weighted by molar-refractivity contribution is 7.89. The van der Waals surface area contributed by atoms with E-state index in [9.17, 15) is 13.2 Å². The molecule has 1 fully saturated rings. The molecular formula is C21H24N2O3S. The van der Waals surface area contributed by atoms with Crippen LogP contribution in [-0.2, 0) is 14.8 Å². The van der Waals surface area contributed by atoms with Crippen LogP contribution >= 0.6 is 0 Å². The Kier molecular flexibility index (Phi) is 6.42. The average Bonchev–Trinajstić information content (AvgIpc) is 2.98. The smallest absolute Gasteiger partial charge is 0.248 e. The summed E-state index contributed by atoms with van der Waals surface area (Å²) < 4.78 is 27.1. The van der Waals surface area contributed by atoms with Gasteiger partial charge in [0.25, 0.3) is 0 Å². The van der Waals surface area contributed by atoms with Crippen LogP contribution < -0.4 is 5.32 Å². The van der Waals surface area contributed by atoms with Crippen molar-refractivity contribution in [1.82, 2.24) is 4.31 Å². The molecule has 0 unspecified atom stereocenters. The fourth-order valence-corrected chi connectivity index (χ4v) is 4.58. The lowest BCUT2D eigenvalue weighted by Crippen LogP contribution is -2.31. The zero-order chi connectivity index (χ0) is 19.1. The number of nitrogens with one attached hydrogen (secondary N) is 1. The second kappa shape index (κ2) is 8.97. The predicted molar refractivity (Wildman–Crippen MR) is 108 cm³/mol. The molecule has 1 saturated heterocycles. The van der Waals surface area contributed by atoms with Crippen LogP contribution in [0.1, 0.15) is 31.2 Å². The van der Waals surface area contributed by atoms with Gasteiger partial charge in [-0.05, 0) is 48.7 Å². The largest absolute Gasteiger partial charge is 0.323 e. The molecule has 1 aliphatic rings. The Morgan fingerprint density at radius 3 is 2.15 bits per heavy atom. The van der Waals surface area contributed by atoms with E-state index < -0.39 is 10.0 Å². The highest BCUT2D eigenvalue weighted by atomic mass is 32.2. The summed E-state index contributed by atoms with van der Waals surface area (Å²) in [4.78, 5) is 12.3. The van der Waals surface area contributed by atoms with Gasteiger partial charge in [-0.3, -0.25) is 4.79 Å². The number of benzene rings is 2. The molecule has 0 atom stereocenters. The van der Waals surface area contributed by atoms with Crippen LogP contribution in [0.4, 0.5) is 5.69 Å². The predicted octanol–water partition coefficient (Wildman–Crippen LogP) is 3.90. The van der Waals surface area contributed by atoms with Gasteiger partial charge in [0.2, 0.25) is 15.9 Å². The van der Waals surface area contributed by atoms with Crippen LogP contribution in [0.2, 0.25) is 0 Å². The third-order valence-electron chi connectivity index (χ3n) is 4.55. The van der Waals surface area contributed by atoms with Crippen molar-refractivity contribution in [1.29, 1.82) is 0 Å². The maximum atomic E-state index is 12.8. The Bertz CT molecular complexity index is 883. The Morgan fingerprint density at radius 2 is 1.52 bits per heavy atom. The normalized spacial score (nSPS) is 16.1. The maximum Gasteiger partial charge on any atom is 0.248 e. The minimum Gasteiger partial charge on any atom is -0.323 e. The lowest BCUT2D eigenvalue weighted by atomic mass is 10.2. The average molecular weight is 385 g/mol. The monoisotopic (exact) mass is 384 g/mol. The Morgan fingerprint density at radius 1 is 0.889 bits per heavy atom. The number of anilines is 1. The number of amides is 1. The van der Waals surface area contributed by atoms with Crippen LogP contribution in [0.25, 0.3) is 6.08 Å². The molecule has 0 aliphatic carbocycles. The second-order valence-corrected chi connectivity index (χ2v) is 8.51. The first-order valence-corrected chi connectivity index (χ1v) is 10.6. The van der Waals surface area contributed by atoms with Crippen LogP contribution in [0.3, 0.4) is 0 Å². The van der Waals surface area contributed by atoms with E-state index in [0.717, 1.165) is 31.2 Å². The first kappa shape index (κ1) is 19.3. The van der Waals surface area contributed by atoms with Crippen LogP contribution in [0, 0.1) is 0 Å². The van der Waals surface area contributed by atoms with Gasteiger partial charge in [-0.2, -0.15) is 4.31 Å². The molecule has 1 heterocycles. The molecule has 0 aromatic heterocycles. The van der Waals surface area contributed by atoms with E-state index >= 15 is 0 Å². The van der Waals surface area contributed by atoms with Gasteiger partial charge in [0, 0.05) is 24.9 Å². The van der Waals surface area contributed by atoms with Crippen molar-refractivity contribution in [3.8, 4) is 0 Å². The van der Waals surface area contributed by atoms with Crippen molar-refractivity contribution in [2.24, 2.45) is 0 Å². The molecule has 142 valence electrons. The molecule has 1 amide bonds. The molecule has 1 aliphatic heterocycles. The summed E-state index contributed by atoms with van der Waals surface area (Å²) in [5.74, 6) is -0.262. The number of sulfonamides is 1. The van der Waals surface area contributed by atoms with E-state index in [0.29, 0.717) is 18.8 Å². The van der Waals surface area contributed by atoms with Gasteiger partial charge in [0.15, 0.2) is 0 Å².